The number of aliphatic hydroxyl groups is 2. The molecule has 0 bridgehead atoms. The van der Waals surface area contributed by atoms with Crippen molar-refractivity contribution < 1.29 is 19.7 Å². The molecule has 1 spiro atoms. The van der Waals surface area contributed by atoms with E-state index in [0.29, 0.717) is 31.0 Å². The van der Waals surface area contributed by atoms with Gasteiger partial charge in [-0.25, -0.2) is 0 Å². The van der Waals surface area contributed by atoms with Crippen LogP contribution in [0.1, 0.15) is 71.6 Å². The molecule has 4 fully saturated rings. The fourth-order valence-corrected chi connectivity index (χ4v) is 7.00. The van der Waals surface area contributed by atoms with E-state index in [1.54, 1.807) is 0 Å². The van der Waals surface area contributed by atoms with Crippen LogP contribution in [0.3, 0.4) is 0 Å². The monoisotopic (exact) mass is 378 g/mol. The molecule has 4 heteroatoms. The summed E-state index contributed by atoms with van der Waals surface area (Å²) in [6.45, 7) is 5.86. The van der Waals surface area contributed by atoms with Crippen LogP contribution < -0.4 is 0 Å². The third-order valence-electron chi connectivity index (χ3n) is 8.28. The van der Waals surface area contributed by atoms with Gasteiger partial charge < -0.3 is 19.7 Å². The van der Waals surface area contributed by atoms with Crippen LogP contribution in [0.2, 0.25) is 0 Å². The molecule has 2 N–H and O–H groups in total. The minimum atomic E-state index is -0.445. The van der Waals surface area contributed by atoms with Gasteiger partial charge in [0, 0.05) is 17.3 Å². The van der Waals surface area contributed by atoms with Crippen LogP contribution in [0.25, 0.3) is 0 Å². The summed E-state index contributed by atoms with van der Waals surface area (Å²) in [4.78, 5) is 0. The molecule has 0 aromatic heterocycles. The second kappa shape index (κ2) is 7.78. The average Bonchev–Trinajstić information content (AvgIpc) is 3.18. The molecule has 4 aliphatic rings. The van der Waals surface area contributed by atoms with E-state index in [2.05, 4.69) is 19.9 Å². The highest BCUT2D eigenvalue weighted by atomic mass is 16.7. The van der Waals surface area contributed by atoms with Crippen molar-refractivity contribution in [3.63, 3.8) is 0 Å². The molecule has 27 heavy (non-hydrogen) atoms. The molecule has 0 radical (unpaired) electrons. The van der Waals surface area contributed by atoms with Gasteiger partial charge in [0.2, 0.25) is 0 Å². The van der Waals surface area contributed by atoms with E-state index < -0.39 is 5.79 Å². The van der Waals surface area contributed by atoms with Gasteiger partial charge >= 0.3 is 0 Å². The molecular formula is C23H38O4. The summed E-state index contributed by atoms with van der Waals surface area (Å²) in [6, 6.07) is 0. The zero-order valence-corrected chi connectivity index (χ0v) is 17.1. The van der Waals surface area contributed by atoms with Crippen molar-refractivity contribution in [1.82, 2.24) is 0 Å². The van der Waals surface area contributed by atoms with Gasteiger partial charge in [0.15, 0.2) is 5.79 Å². The number of hydrogen-bond acceptors (Lipinski definition) is 4. The van der Waals surface area contributed by atoms with Crippen LogP contribution in [0.4, 0.5) is 0 Å². The van der Waals surface area contributed by atoms with Crippen molar-refractivity contribution in [2.75, 3.05) is 13.2 Å². The molecule has 0 aromatic carbocycles. The van der Waals surface area contributed by atoms with Crippen molar-refractivity contribution >= 4 is 0 Å². The van der Waals surface area contributed by atoms with E-state index in [9.17, 15) is 10.2 Å². The lowest BCUT2D eigenvalue weighted by molar-refractivity contribution is -0.385. The highest BCUT2D eigenvalue weighted by Crippen LogP contribution is 2.70. The number of aliphatic hydroxyl groups excluding tert-OH is 2. The van der Waals surface area contributed by atoms with Crippen LogP contribution >= 0.6 is 0 Å². The SMILES string of the molecule is CCC1[C@H]2[C@H](/C=C/[C@@H](O)CC3CCCCC3)[C@@H](O)CC[C@@]2(C)C12OCCO2. The van der Waals surface area contributed by atoms with Crippen LogP contribution in [0.15, 0.2) is 12.2 Å². The Kier molecular flexibility index (Phi) is 5.73. The second-order valence-corrected chi connectivity index (χ2v) is 9.70. The lowest BCUT2D eigenvalue weighted by atomic mass is 9.41. The molecule has 4 nitrogen and oxygen atoms in total. The van der Waals surface area contributed by atoms with Gasteiger partial charge in [-0.05, 0) is 37.5 Å². The normalized spacial score (nSPS) is 43.0. The van der Waals surface area contributed by atoms with Gasteiger partial charge in [0.25, 0.3) is 0 Å². The predicted molar refractivity (Wildman–Crippen MR) is 105 cm³/mol. The highest BCUT2D eigenvalue weighted by molar-refractivity contribution is 5.20. The van der Waals surface area contributed by atoms with Crippen molar-refractivity contribution in [2.24, 2.45) is 29.1 Å². The van der Waals surface area contributed by atoms with Crippen molar-refractivity contribution in [3.05, 3.63) is 12.2 Å². The molecule has 1 unspecified atom stereocenters. The van der Waals surface area contributed by atoms with Gasteiger partial charge in [0.05, 0.1) is 25.4 Å². The quantitative estimate of drug-likeness (QED) is 0.709. The number of rotatable bonds is 5. The molecule has 1 aliphatic heterocycles. The van der Waals surface area contributed by atoms with Crippen LogP contribution in [-0.2, 0) is 9.47 Å². The van der Waals surface area contributed by atoms with Gasteiger partial charge in [-0.15, -0.1) is 0 Å². The minimum absolute atomic E-state index is 0.0350. The number of fused-ring (bicyclic) bond motifs is 2. The molecular weight excluding hydrogens is 340 g/mol. The molecule has 4 rings (SSSR count). The Morgan fingerprint density at radius 1 is 1.11 bits per heavy atom. The fraction of sp³-hybridized carbons (Fsp3) is 0.913. The minimum Gasteiger partial charge on any atom is -0.393 e. The number of hydrogen-bond donors (Lipinski definition) is 2. The maximum absolute atomic E-state index is 10.8. The summed E-state index contributed by atoms with van der Waals surface area (Å²) in [5, 5.41) is 21.3. The Labute approximate surface area is 164 Å². The first kappa shape index (κ1) is 19.9. The third kappa shape index (κ3) is 3.21. The van der Waals surface area contributed by atoms with Crippen molar-refractivity contribution in [2.45, 2.75) is 89.6 Å². The summed E-state index contributed by atoms with van der Waals surface area (Å²) in [5.74, 6) is 0.996. The molecule has 3 aliphatic carbocycles. The Morgan fingerprint density at radius 2 is 1.81 bits per heavy atom. The third-order valence-corrected chi connectivity index (χ3v) is 8.28. The molecule has 3 saturated carbocycles. The summed E-state index contributed by atoms with van der Waals surface area (Å²) in [6.07, 6.45) is 13.5. The first-order chi connectivity index (χ1) is 13.0. The summed E-state index contributed by atoms with van der Waals surface area (Å²) >= 11 is 0. The van der Waals surface area contributed by atoms with E-state index in [1.165, 1.54) is 32.1 Å². The Balaban J connectivity index is 1.46. The number of ether oxygens (including phenoxy) is 2. The zero-order valence-electron chi connectivity index (χ0n) is 17.1. The molecule has 6 atom stereocenters. The maximum atomic E-state index is 10.8. The van der Waals surface area contributed by atoms with E-state index in [-0.39, 0.29) is 23.5 Å². The van der Waals surface area contributed by atoms with Crippen LogP contribution in [-0.4, -0.2) is 41.4 Å². The predicted octanol–water partition coefficient (Wildman–Crippen LogP) is 4.05. The van der Waals surface area contributed by atoms with E-state index in [4.69, 9.17) is 9.47 Å². The Hall–Kier alpha value is -0.420. The first-order valence-corrected chi connectivity index (χ1v) is 11.3. The summed E-state index contributed by atoms with van der Waals surface area (Å²) < 4.78 is 12.4. The molecule has 1 saturated heterocycles. The average molecular weight is 379 g/mol. The lowest BCUT2D eigenvalue weighted by Gasteiger charge is -2.69. The standard InChI is InChI=1S/C23H38O4/c1-3-19-21-18(10-9-17(24)15-16-7-5-4-6-8-16)20(25)11-12-22(21,2)23(19)26-13-14-27-23/h9-10,16-21,24-25H,3-8,11-15H2,1-2H3/b10-9+/t17-,18-,19?,20+,21-,22-/m1/s1. The van der Waals surface area contributed by atoms with E-state index in [1.807, 2.05) is 6.08 Å². The molecule has 1 heterocycles. The van der Waals surface area contributed by atoms with Gasteiger partial charge in [-0.3, -0.25) is 0 Å². The smallest absolute Gasteiger partial charge is 0.177 e. The largest absolute Gasteiger partial charge is 0.393 e. The summed E-state index contributed by atoms with van der Waals surface area (Å²) in [5.41, 5.74) is -0.0350. The Morgan fingerprint density at radius 3 is 2.48 bits per heavy atom. The lowest BCUT2D eigenvalue weighted by Crippen LogP contribution is -2.73. The first-order valence-electron chi connectivity index (χ1n) is 11.3. The van der Waals surface area contributed by atoms with Crippen molar-refractivity contribution in [1.29, 1.82) is 0 Å². The van der Waals surface area contributed by atoms with Crippen LogP contribution in [0, 0.1) is 29.1 Å². The van der Waals surface area contributed by atoms with Crippen LogP contribution in [0.5, 0.6) is 0 Å². The Bertz CT molecular complexity index is 534. The van der Waals surface area contributed by atoms with Crippen molar-refractivity contribution in [3.8, 4) is 0 Å². The highest BCUT2D eigenvalue weighted by Gasteiger charge is 2.74. The van der Waals surface area contributed by atoms with E-state index in [0.717, 1.165) is 25.7 Å². The maximum Gasteiger partial charge on any atom is 0.177 e. The molecule has 0 aromatic rings. The van der Waals surface area contributed by atoms with Gasteiger partial charge in [-0.2, -0.15) is 0 Å². The van der Waals surface area contributed by atoms with Gasteiger partial charge in [0.1, 0.15) is 0 Å². The zero-order chi connectivity index (χ0) is 19.1. The van der Waals surface area contributed by atoms with Gasteiger partial charge in [-0.1, -0.05) is 58.1 Å². The van der Waals surface area contributed by atoms with E-state index >= 15 is 0 Å². The molecule has 0 amide bonds. The summed E-state index contributed by atoms with van der Waals surface area (Å²) in [7, 11) is 0. The molecule has 154 valence electrons. The topological polar surface area (TPSA) is 58.9 Å². The second-order valence-electron chi connectivity index (χ2n) is 9.70. The fourth-order valence-electron chi connectivity index (χ4n) is 7.00.